The van der Waals surface area contributed by atoms with Crippen molar-refractivity contribution in [2.45, 2.75) is 26.8 Å². The molecule has 1 aliphatic rings. The zero-order valence-corrected chi connectivity index (χ0v) is 12.4. The lowest BCUT2D eigenvalue weighted by atomic mass is 9.88. The predicted octanol–water partition coefficient (Wildman–Crippen LogP) is 1.85. The molecular formula is C14H22ClN3O. The topological polar surface area (TPSA) is 45.2 Å². The molecule has 0 bridgehead atoms. The molecule has 19 heavy (non-hydrogen) atoms. The van der Waals surface area contributed by atoms with Gasteiger partial charge < -0.3 is 10.2 Å². The van der Waals surface area contributed by atoms with Crippen molar-refractivity contribution < 1.29 is 4.79 Å². The van der Waals surface area contributed by atoms with E-state index in [1.165, 1.54) is 0 Å². The van der Waals surface area contributed by atoms with Crippen molar-refractivity contribution in [3.63, 3.8) is 0 Å². The number of hydrogen-bond acceptors (Lipinski definition) is 3. The Morgan fingerprint density at radius 3 is 2.68 bits per heavy atom. The van der Waals surface area contributed by atoms with Crippen molar-refractivity contribution in [1.82, 2.24) is 15.2 Å². The van der Waals surface area contributed by atoms with Crippen molar-refractivity contribution in [2.75, 3.05) is 19.6 Å². The highest BCUT2D eigenvalue weighted by Gasteiger charge is 2.38. The SMILES string of the molecule is CCN(Cc1ccncc1)C(=O)C1(C)CCNC1.Cl. The quantitative estimate of drug-likeness (QED) is 0.917. The number of aromatic nitrogens is 1. The van der Waals surface area contributed by atoms with Crippen molar-refractivity contribution in [1.29, 1.82) is 0 Å². The van der Waals surface area contributed by atoms with Crippen molar-refractivity contribution >= 4 is 18.3 Å². The number of carbonyl (C=O) groups excluding carboxylic acids is 1. The van der Waals surface area contributed by atoms with E-state index in [0.29, 0.717) is 6.54 Å². The highest BCUT2D eigenvalue weighted by molar-refractivity contribution is 5.85. The van der Waals surface area contributed by atoms with E-state index in [2.05, 4.69) is 17.2 Å². The summed E-state index contributed by atoms with van der Waals surface area (Å²) in [5.41, 5.74) is 0.901. The molecule has 0 spiro atoms. The summed E-state index contributed by atoms with van der Waals surface area (Å²) >= 11 is 0. The lowest BCUT2D eigenvalue weighted by Crippen LogP contribution is -2.43. The maximum Gasteiger partial charge on any atom is 0.230 e. The Hall–Kier alpha value is -1.13. The maximum absolute atomic E-state index is 12.6. The molecule has 1 amide bonds. The lowest BCUT2D eigenvalue weighted by molar-refractivity contribution is -0.140. The first-order valence-corrected chi connectivity index (χ1v) is 6.55. The van der Waals surface area contributed by atoms with Gasteiger partial charge in [-0.25, -0.2) is 0 Å². The van der Waals surface area contributed by atoms with Crippen LogP contribution in [0.1, 0.15) is 25.8 Å². The van der Waals surface area contributed by atoms with E-state index < -0.39 is 0 Å². The molecule has 0 aromatic carbocycles. The third kappa shape index (κ3) is 3.67. The summed E-state index contributed by atoms with van der Waals surface area (Å²) in [6, 6.07) is 3.93. The first-order valence-electron chi connectivity index (χ1n) is 6.55. The summed E-state index contributed by atoms with van der Waals surface area (Å²) in [7, 11) is 0. The van der Waals surface area contributed by atoms with Gasteiger partial charge >= 0.3 is 0 Å². The van der Waals surface area contributed by atoms with Crippen LogP contribution in [-0.4, -0.2) is 35.4 Å². The fourth-order valence-corrected chi connectivity index (χ4v) is 2.42. The summed E-state index contributed by atoms with van der Waals surface area (Å²) < 4.78 is 0. The molecule has 1 aromatic heterocycles. The van der Waals surface area contributed by atoms with Crippen LogP contribution in [-0.2, 0) is 11.3 Å². The molecule has 5 heteroatoms. The van der Waals surface area contributed by atoms with Gasteiger partial charge in [0.2, 0.25) is 5.91 Å². The molecule has 2 rings (SSSR count). The fourth-order valence-electron chi connectivity index (χ4n) is 2.42. The molecule has 0 radical (unpaired) electrons. The Kier molecular flexibility index (Phi) is 5.76. The van der Waals surface area contributed by atoms with Gasteiger partial charge in [-0.3, -0.25) is 9.78 Å². The Bertz CT molecular complexity index is 404. The van der Waals surface area contributed by atoms with E-state index in [-0.39, 0.29) is 23.7 Å². The summed E-state index contributed by atoms with van der Waals surface area (Å²) in [5, 5.41) is 3.28. The van der Waals surface area contributed by atoms with Gasteiger partial charge in [-0.1, -0.05) is 0 Å². The fraction of sp³-hybridized carbons (Fsp3) is 0.571. The van der Waals surface area contributed by atoms with E-state index >= 15 is 0 Å². The molecule has 1 saturated heterocycles. The number of nitrogens with zero attached hydrogens (tertiary/aromatic N) is 2. The van der Waals surface area contributed by atoms with Gasteiger partial charge in [-0.05, 0) is 44.5 Å². The van der Waals surface area contributed by atoms with Crippen molar-refractivity contribution in [3.8, 4) is 0 Å². The summed E-state index contributed by atoms with van der Waals surface area (Å²) in [5.74, 6) is 0.256. The summed E-state index contributed by atoms with van der Waals surface area (Å²) in [6.07, 6.45) is 4.47. The van der Waals surface area contributed by atoms with Crippen molar-refractivity contribution in [3.05, 3.63) is 30.1 Å². The second-order valence-corrected chi connectivity index (χ2v) is 5.16. The monoisotopic (exact) mass is 283 g/mol. The normalized spacial score (nSPS) is 21.8. The van der Waals surface area contributed by atoms with Crippen LogP contribution in [0.2, 0.25) is 0 Å². The molecule has 1 aliphatic heterocycles. The summed E-state index contributed by atoms with van der Waals surface area (Å²) in [6.45, 7) is 7.24. The van der Waals surface area contributed by atoms with Gasteiger partial charge in [-0.15, -0.1) is 12.4 Å². The van der Waals surface area contributed by atoms with Crippen LogP contribution in [0.5, 0.6) is 0 Å². The molecule has 1 aromatic rings. The van der Waals surface area contributed by atoms with Gasteiger partial charge in [0.1, 0.15) is 0 Å². The van der Waals surface area contributed by atoms with Crippen LogP contribution in [0.4, 0.5) is 0 Å². The maximum atomic E-state index is 12.6. The average molecular weight is 284 g/mol. The molecule has 0 aliphatic carbocycles. The van der Waals surface area contributed by atoms with Crippen LogP contribution in [0.25, 0.3) is 0 Å². The molecule has 1 atom stereocenters. The highest BCUT2D eigenvalue weighted by atomic mass is 35.5. The van der Waals surface area contributed by atoms with Crippen LogP contribution < -0.4 is 5.32 Å². The second-order valence-electron chi connectivity index (χ2n) is 5.16. The minimum absolute atomic E-state index is 0. The zero-order chi connectivity index (χ0) is 13.0. The Morgan fingerprint density at radius 1 is 1.47 bits per heavy atom. The number of rotatable bonds is 4. The highest BCUT2D eigenvalue weighted by Crippen LogP contribution is 2.27. The van der Waals surface area contributed by atoms with Crippen LogP contribution >= 0.6 is 12.4 Å². The number of nitrogens with one attached hydrogen (secondary N) is 1. The van der Waals surface area contributed by atoms with Crippen LogP contribution in [0, 0.1) is 5.41 Å². The third-order valence-corrected chi connectivity index (χ3v) is 3.68. The first-order chi connectivity index (χ1) is 8.65. The Labute approximate surface area is 121 Å². The zero-order valence-electron chi connectivity index (χ0n) is 11.6. The predicted molar refractivity (Wildman–Crippen MR) is 78.2 cm³/mol. The van der Waals surface area contributed by atoms with Gasteiger partial charge in [-0.2, -0.15) is 0 Å². The Morgan fingerprint density at radius 2 is 2.16 bits per heavy atom. The van der Waals surface area contributed by atoms with Crippen LogP contribution in [0.3, 0.4) is 0 Å². The van der Waals surface area contributed by atoms with Gasteiger partial charge in [0, 0.05) is 32.0 Å². The minimum Gasteiger partial charge on any atom is -0.338 e. The van der Waals surface area contributed by atoms with E-state index in [1.807, 2.05) is 24.0 Å². The number of amides is 1. The molecule has 106 valence electrons. The second kappa shape index (κ2) is 6.87. The number of hydrogen-bond donors (Lipinski definition) is 1. The first kappa shape index (κ1) is 15.9. The van der Waals surface area contributed by atoms with Crippen LogP contribution in [0.15, 0.2) is 24.5 Å². The molecule has 1 fully saturated rings. The standard InChI is InChI=1S/C14H21N3O.ClH/c1-3-17(10-12-4-7-15-8-5-12)13(18)14(2)6-9-16-11-14;/h4-5,7-8,16H,3,6,9-11H2,1-2H3;1H. The number of carbonyl (C=O) groups is 1. The van der Waals surface area contributed by atoms with E-state index in [0.717, 1.165) is 31.6 Å². The minimum atomic E-state index is -0.233. The molecule has 1 N–H and O–H groups in total. The average Bonchev–Trinajstić information content (AvgIpc) is 2.84. The van der Waals surface area contributed by atoms with Gasteiger partial charge in [0.25, 0.3) is 0 Å². The molecule has 0 saturated carbocycles. The van der Waals surface area contributed by atoms with E-state index in [9.17, 15) is 4.79 Å². The molecular weight excluding hydrogens is 262 g/mol. The third-order valence-electron chi connectivity index (χ3n) is 3.68. The van der Waals surface area contributed by atoms with Gasteiger partial charge in [0.05, 0.1) is 5.41 Å². The number of halogens is 1. The lowest BCUT2D eigenvalue weighted by Gasteiger charge is -2.30. The molecule has 1 unspecified atom stereocenters. The smallest absolute Gasteiger partial charge is 0.230 e. The molecule has 2 heterocycles. The Balaban J connectivity index is 0.00000180. The number of pyridine rings is 1. The molecule has 4 nitrogen and oxygen atoms in total. The van der Waals surface area contributed by atoms with E-state index in [4.69, 9.17) is 0 Å². The van der Waals surface area contributed by atoms with E-state index in [1.54, 1.807) is 12.4 Å². The van der Waals surface area contributed by atoms with Gasteiger partial charge in [0.15, 0.2) is 0 Å². The largest absolute Gasteiger partial charge is 0.338 e. The van der Waals surface area contributed by atoms with Crippen molar-refractivity contribution in [2.24, 2.45) is 5.41 Å². The summed E-state index contributed by atoms with van der Waals surface area (Å²) in [4.78, 5) is 18.5.